The summed E-state index contributed by atoms with van der Waals surface area (Å²) in [6, 6.07) is 22.0. The summed E-state index contributed by atoms with van der Waals surface area (Å²) in [6.07, 6.45) is 1.07. The van der Waals surface area contributed by atoms with E-state index >= 15 is 0 Å². The summed E-state index contributed by atoms with van der Waals surface area (Å²) in [5, 5.41) is 11.0. The Bertz CT molecular complexity index is 1320. The average Bonchev–Trinajstić information content (AvgIpc) is 2.83. The van der Waals surface area contributed by atoms with Crippen molar-refractivity contribution in [2.24, 2.45) is 0 Å². The normalized spacial score (nSPS) is 23.7. The van der Waals surface area contributed by atoms with Crippen molar-refractivity contribution >= 4 is 10.0 Å². The van der Waals surface area contributed by atoms with Gasteiger partial charge in [-0.05, 0) is 73.1 Å². The fourth-order valence-corrected chi connectivity index (χ4v) is 7.24. The Morgan fingerprint density at radius 1 is 0.800 bits per heavy atom. The average molecular weight is 491 g/mol. The molecular weight excluding hydrogens is 456 g/mol. The van der Waals surface area contributed by atoms with Gasteiger partial charge in [-0.25, -0.2) is 8.42 Å². The molecule has 2 fully saturated rings. The minimum Gasteiger partial charge on any atom is -0.378 e. The molecule has 3 atom stereocenters. The first-order valence-corrected chi connectivity index (χ1v) is 13.9. The van der Waals surface area contributed by atoms with Crippen molar-refractivity contribution in [3.63, 3.8) is 0 Å². The lowest BCUT2D eigenvalue weighted by Crippen LogP contribution is -2.66. The van der Waals surface area contributed by atoms with Crippen LogP contribution in [0.25, 0.3) is 11.1 Å². The lowest BCUT2D eigenvalue weighted by atomic mass is 9.79. The van der Waals surface area contributed by atoms with Crippen LogP contribution in [0.2, 0.25) is 0 Å². The molecule has 0 radical (unpaired) electrons. The first-order valence-electron chi connectivity index (χ1n) is 12.4. The van der Waals surface area contributed by atoms with Gasteiger partial charge in [0.15, 0.2) is 0 Å². The third-order valence-electron chi connectivity index (χ3n) is 7.81. The number of benzene rings is 3. The van der Waals surface area contributed by atoms with E-state index in [1.54, 1.807) is 16.4 Å². The molecular formula is C29H34N2O3S. The molecule has 2 aliphatic heterocycles. The van der Waals surface area contributed by atoms with Crippen molar-refractivity contribution in [1.29, 1.82) is 0 Å². The molecule has 35 heavy (non-hydrogen) atoms. The van der Waals surface area contributed by atoms with Gasteiger partial charge in [0.05, 0.1) is 4.90 Å². The summed E-state index contributed by atoms with van der Waals surface area (Å²) in [6.45, 7) is 7.77. The number of nitrogens with zero attached hydrogens (tertiary/aromatic N) is 2. The summed E-state index contributed by atoms with van der Waals surface area (Å²) in [5.74, 6) is -0.114. The highest BCUT2D eigenvalue weighted by Gasteiger charge is 2.50. The molecule has 0 unspecified atom stereocenters. The first-order chi connectivity index (χ1) is 16.8. The zero-order valence-corrected chi connectivity index (χ0v) is 21.5. The van der Waals surface area contributed by atoms with Gasteiger partial charge in [0, 0.05) is 31.6 Å². The molecule has 6 heteroatoms. The summed E-state index contributed by atoms with van der Waals surface area (Å²) < 4.78 is 28.8. The molecule has 3 aromatic carbocycles. The Morgan fingerprint density at radius 3 is 2.20 bits per heavy atom. The van der Waals surface area contributed by atoms with E-state index in [4.69, 9.17) is 0 Å². The molecule has 2 saturated heterocycles. The van der Waals surface area contributed by atoms with E-state index in [0.717, 1.165) is 36.1 Å². The monoisotopic (exact) mass is 490 g/mol. The molecule has 0 saturated carbocycles. The van der Waals surface area contributed by atoms with Gasteiger partial charge >= 0.3 is 0 Å². The van der Waals surface area contributed by atoms with E-state index in [1.807, 2.05) is 19.1 Å². The number of aryl methyl sites for hydroxylation is 3. The number of rotatable bonds is 4. The van der Waals surface area contributed by atoms with Crippen LogP contribution >= 0.6 is 0 Å². The minimum absolute atomic E-state index is 0.0448. The zero-order valence-electron chi connectivity index (χ0n) is 20.7. The lowest BCUT2D eigenvalue weighted by molar-refractivity contribution is -0.148. The standard InChI is InChI=1S/C29H34N2O3S/c1-20-10-11-25(18-22(20)3)23-12-14-24(15-13-23)28-26-19-30(16-6-7-17-31(26)29(28)32)35(33,34)27-9-5-4-8-21(27)2/h4-5,8-15,18,26,28-29,32H,6-7,16-17,19H2,1-3H3/t26-,28-,29+/m0/s1. The van der Waals surface area contributed by atoms with Crippen LogP contribution in [0.5, 0.6) is 0 Å². The maximum absolute atomic E-state index is 13.6. The summed E-state index contributed by atoms with van der Waals surface area (Å²) in [4.78, 5) is 2.45. The number of aliphatic hydroxyl groups is 1. The van der Waals surface area contributed by atoms with Gasteiger partial charge in [0.1, 0.15) is 6.23 Å². The molecule has 2 heterocycles. The molecule has 184 valence electrons. The molecule has 5 nitrogen and oxygen atoms in total. The van der Waals surface area contributed by atoms with Gasteiger partial charge in [-0.3, -0.25) is 4.90 Å². The number of hydrogen-bond donors (Lipinski definition) is 1. The summed E-state index contributed by atoms with van der Waals surface area (Å²) >= 11 is 0. The van der Waals surface area contributed by atoms with Crippen LogP contribution in [0.15, 0.2) is 71.6 Å². The molecule has 0 spiro atoms. The third kappa shape index (κ3) is 4.45. The second kappa shape index (κ2) is 9.51. The second-order valence-corrected chi connectivity index (χ2v) is 11.9. The molecule has 0 aliphatic carbocycles. The maximum Gasteiger partial charge on any atom is 0.243 e. The number of sulfonamides is 1. The van der Waals surface area contributed by atoms with Crippen LogP contribution in [0.4, 0.5) is 0 Å². The van der Waals surface area contributed by atoms with Crippen molar-refractivity contribution in [2.75, 3.05) is 19.6 Å². The van der Waals surface area contributed by atoms with Crippen LogP contribution in [0.1, 0.15) is 41.0 Å². The van der Waals surface area contributed by atoms with Gasteiger partial charge in [-0.15, -0.1) is 0 Å². The van der Waals surface area contributed by atoms with Crippen molar-refractivity contribution < 1.29 is 13.5 Å². The van der Waals surface area contributed by atoms with E-state index in [2.05, 4.69) is 61.2 Å². The van der Waals surface area contributed by atoms with Crippen LogP contribution in [0, 0.1) is 20.8 Å². The highest BCUT2D eigenvalue weighted by Crippen LogP contribution is 2.42. The van der Waals surface area contributed by atoms with Crippen molar-refractivity contribution in [3.8, 4) is 11.1 Å². The van der Waals surface area contributed by atoms with E-state index < -0.39 is 16.3 Å². The van der Waals surface area contributed by atoms with Gasteiger partial charge in [0.25, 0.3) is 0 Å². The number of aliphatic hydroxyl groups excluding tert-OH is 1. The molecule has 2 aliphatic rings. The van der Waals surface area contributed by atoms with E-state index in [9.17, 15) is 13.5 Å². The van der Waals surface area contributed by atoms with E-state index in [0.29, 0.717) is 18.0 Å². The molecule has 5 rings (SSSR count). The second-order valence-electron chi connectivity index (χ2n) is 10.0. The number of hydrogen-bond acceptors (Lipinski definition) is 4. The topological polar surface area (TPSA) is 60.9 Å². The molecule has 0 aromatic heterocycles. The van der Waals surface area contributed by atoms with Crippen LogP contribution in [0.3, 0.4) is 0 Å². The fraction of sp³-hybridized carbons (Fsp3) is 0.379. The number of fused-ring (bicyclic) bond motifs is 1. The minimum atomic E-state index is -3.60. The Balaban J connectivity index is 1.41. The molecule has 0 bridgehead atoms. The fourth-order valence-electron chi connectivity index (χ4n) is 5.52. The summed E-state index contributed by atoms with van der Waals surface area (Å²) in [7, 11) is -3.60. The van der Waals surface area contributed by atoms with Crippen LogP contribution in [-0.4, -0.2) is 54.6 Å². The van der Waals surface area contributed by atoms with Crippen molar-refractivity contribution in [3.05, 3.63) is 89.0 Å². The van der Waals surface area contributed by atoms with E-state index in [1.165, 1.54) is 16.7 Å². The van der Waals surface area contributed by atoms with Crippen molar-refractivity contribution in [1.82, 2.24) is 9.21 Å². The quantitative estimate of drug-likeness (QED) is 0.568. The Morgan fingerprint density at radius 2 is 1.49 bits per heavy atom. The predicted octanol–water partition coefficient (Wildman–Crippen LogP) is 4.85. The Kier molecular flexibility index (Phi) is 6.57. The largest absolute Gasteiger partial charge is 0.378 e. The van der Waals surface area contributed by atoms with Crippen molar-refractivity contribution in [2.45, 2.75) is 56.7 Å². The molecule has 0 amide bonds. The Labute approximate surface area is 209 Å². The maximum atomic E-state index is 13.6. The van der Waals surface area contributed by atoms with Gasteiger partial charge in [0.2, 0.25) is 10.0 Å². The van der Waals surface area contributed by atoms with Gasteiger partial charge < -0.3 is 5.11 Å². The predicted molar refractivity (Wildman–Crippen MR) is 140 cm³/mol. The van der Waals surface area contributed by atoms with Crippen LogP contribution in [-0.2, 0) is 10.0 Å². The highest BCUT2D eigenvalue weighted by molar-refractivity contribution is 7.89. The lowest BCUT2D eigenvalue weighted by Gasteiger charge is -2.55. The first kappa shape index (κ1) is 24.2. The Hall–Kier alpha value is -2.51. The highest BCUT2D eigenvalue weighted by atomic mass is 32.2. The van der Waals surface area contributed by atoms with Gasteiger partial charge in [-0.1, -0.05) is 60.7 Å². The summed E-state index contributed by atoms with van der Waals surface area (Å²) in [5.41, 5.74) is 6.68. The zero-order chi connectivity index (χ0) is 24.7. The third-order valence-corrected chi connectivity index (χ3v) is 9.84. The molecule has 1 N–H and O–H groups in total. The smallest absolute Gasteiger partial charge is 0.243 e. The van der Waals surface area contributed by atoms with Crippen LogP contribution < -0.4 is 0 Å². The van der Waals surface area contributed by atoms with Gasteiger partial charge in [-0.2, -0.15) is 4.31 Å². The molecule has 3 aromatic rings. The SMILES string of the molecule is Cc1ccc(-c2ccc([C@@H]3[C@@H](O)N4CCCCN(S(=O)(=O)c5ccccc5C)C[C@@H]34)cc2)cc1C. The van der Waals surface area contributed by atoms with E-state index in [-0.39, 0.29) is 12.0 Å².